The molecule has 1 heterocycles. The van der Waals surface area contributed by atoms with Crippen LogP contribution in [0.3, 0.4) is 0 Å². The summed E-state index contributed by atoms with van der Waals surface area (Å²) in [5, 5.41) is 5.19. The number of halogens is 2. The van der Waals surface area contributed by atoms with Crippen molar-refractivity contribution in [2.45, 2.75) is 20.1 Å². The van der Waals surface area contributed by atoms with Gasteiger partial charge in [-0.1, -0.05) is 0 Å². The highest BCUT2D eigenvalue weighted by Crippen LogP contribution is 2.37. The first-order chi connectivity index (χ1) is 10.1. The lowest BCUT2D eigenvalue weighted by Crippen LogP contribution is -2.06. The number of ether oxygens (including phenoxy) is 2. The van der Waals surface area contributed by atoms with Crippen LogP contribution in [0, 0.1) is 0 Å². The molecule has 6 heteroatoms. The first kappa shape index (κ1) is 16.8. The summed E-state index contributed by atoms with van der Waals surface area (Å²) in [6, 6.07) is 6.14. The lowest BCUT2D eigenvalue weighted by Gasteiger charge is -2.15. The summed E-state index contributed by atoms with van der Waals surface area (Å²) in [5.74, 6) is 1.52. The number of hydrogen-bond donors (Lipinski definition) is 1. The van der Waals surface area contributed by atoms with E-state index in [0.717, 1.165) is 37.4 Å². The molecule has 21 heavy (non-hydrogen) atoms. The Morgan fingerprint density at radius 1 is 1.19 bits per heavy atom. The Hall–Kier alpha value is -0.560. The summed E-state index contributed by atoms with van der Waals surface area (Å²) in [4.78, 5) is 1.16. The zero-order valence-corrected chi connectivity index (χ0v) is 15.9. The van der Waals surface area contributed by atoms with Gasteiger partial charge in [-0.2, -0.15) is 0 Å². The highest BCUT2D eigenvalue weighted by atomic mass is 79.9. The van der Waals surface area contributed by atoms with E-state index in [9.17, 15) is 0 Å². The normalized spacial score (nSPS) is 10.7. The first-order valence-corrected chi connectivity index (χ1v) is 9.06. The van der Waals surface area contributed by atoms with Gasteiger partial charge in [0.2, 0.25) is 0 Å². The topological polar surface area (TPSA) is 30.5 Å². The van der Waals surface area contributed by atoms with Gasteiger partial charge in [0, 0.05) is 21.3 Å². The van der Waals surface area contributed by atoms with E-state index >= 15 is 0 Å². The van der Waals surface area contributed by atoms with Crippen molar-refractivity contribution in [2.75, 3.05) is 13.7 Å². The molecule has 0 spiro atoms. The molecular formula is C15H17Br2NO2S. The molecule has 0 aliphatic rings. The lowest BCUT2D eigenvalue weighted by molar-refractivity contribution is 0.269. The molecule has 1 aromatic heterocycles. The number of hydrogen-bond acceptors (Lipinski definition) is 4. The quantitative estimate of drug-likeness (QED) is 0.667. The van der Waals surface area contributed by atoms with E-state index in [1.807, 2.05) is 25.4 Å². The fourth-order valence-electron chi connectivity index (χ4n) is 1.90. The molecule has 0 saturated carbocycles. The van der Waals surface area contributed by atoms with Crippen molar-refractivity contribution in [3.63, 3.8) is 0 Å². The Morgan fingerprint density at radius 3 is 2.62 bits per heavy atom. The highest BCUT2D eigenvalue weighted by molar-refractivity contribution is 9.10. The number of rotatable bonds is 7. The van der Waals surface area contributed by atoms with Crippen molar-refractivity contribution < 1.29 is 9.47 Å². The predicted molar refractivity (Wildman–Crippen MR) is 94.4 cm³/mol. The maximum absolute atomic E-state index is 5.95. The minimum Gasteiger partial charge on any atom is -0.490 e. The zero-order valence-electron chi connectivity index (χ0n) is 11.9. The largest absolute Gasteiger partial charge is 0.490 e. The molecular weight excluding hydrogens is 418 g/mol. The zero-order chi connectivity index (χ0) is 15.2. The second kappa shape index (κ2) is 8.17. The van der Waals surface area contributed by atoms with E-state index in [1.165, 1.54) is 0 Å². The van der Waals surface area contributed by atoms with Gasteiger partial charge >= 0.3 is 0 Å². The molecule has 0 fully saturated rings. The molecule has 0 aliphatic carbocycles. The molecule has 2 aromatic rings. The van der Waals surface area contributed by atoms with Crippen molar-refractivity contribution in [1.82, 2.24) is 5.32 Å². The van der Waals surface area contributed by atoms with Gasteiger partial charge < -0.3 is 14.8 Å². The maximum atomic E-state index is 5.95. The highest BCUT2D eigenvalue weighted by Gasteiger charge is 2.13. The number of nitrogens with one attached hydrogen (secondary N) is 1. The van der Waals surface area contributed by atoms with Crippen LogP contribution in [0.1, 0.15) is 17.4 Å². The minimum absolute atomic E-state index is 0.528. The van der Waals surface area contributed by atoms with Crippen molar-refractivity contribution in [1.29, 1.82) is 0 Å². The molecule has 1 N–H and O–H groups in total. The van der Waals surface area contributed by atoms with Crippen LogP contribution in [0.25, 0.3) is 0 Å². The van der Waals surface area contributed by atoms with Gasteiger partial charge in [0.1, 0.15) is 6.61 Å². The fraction of sp³-hybridized carbons (Fsp3) is 0.333. The Morgan fingerprint density at radius 2 is 2.00 bits per heavy atom. The summed E-state index contributed by atoms with van der Waals surface area (Å²) in [6.07, 6.45) is 0. The summed E-state index contributed by atoms with van der Waals surface area (Å²) in [5.41, 5.74) is 1.15. The van der Waals surface area contributed by atoms with E-state index in [1.54, 1.807) is 11.3 Å². The van der Waals surface area contributed by atoms with Gasteiger partial charge in [0.05, 0.1) is 11.1 Å². The fourth-order valence-corrected chi connectivity index (χ4v) is 3.87. The molecule has 114 valence electrons. The molecule has 0 aliphatic heterocycles. The van der Waals surface area contributed by atoms with Gasteiger partial charge in [0.15, 0.2) is 11.5 Å². The predicted octanol–water partition coefficient (Wildman–Crippen LogP) is 4.97. The molecule has 0 atom stereocenters. The SMILES string of the molecule is CCOc1cc(CNC)cc(Br)c1OCc1cc(Br)cs1. The van der Waals surface area contributed by atoms with Crippen LogP contribution < -0.4 is 14.8 Å². The molecule has 3 nitrogen and oxygen atoms in total. The van der Waals surface area contributed by atoms with Crippen LogP contribution in [-0.4, -0.2) is 13.7 Å². The van der Waals surface area contributed by atoms with Crippen LogP contribution >= 0.6 is 43.2 Å². The average molecular weight is 435 g/mol. The summed E-state index contributed by atoms with van der Waals surface area (Å²) < 4.78 is 13.7. The molecule has 0 bridgehead atoms. The van der Waals surface area contributed by atoms with E-state index in [-0.39, 0.29) is 0 Å². The molecule has 1 aromatic carbocycles. The van der Waals surface area contributed by atoms with Crippen LogP contribution in [0.15, 0.2) is 32.5 Å². The third-order valence-electron chi connectivity index (χ3n) is 2.73. The van der Waals surface area contributed by atoms with E-state index in [2.05, 4.69) is 49.3 Å². The lowest BCUT2D eigenvalue weighted by atomic mass is 10.2. The molecule has 0 unspecified atom stereocenters. The van der Waals surface area contributed by atoms with Gasteiger partial charge in [-0.05, 0) is 69.6 Å². The Labute approximate surface area is 145 Å². The minimum atomic E-state index is 0.528. The Bertz CT molecular complexity index is 601. The molecule has 0 amide bonds. The van der Waals surface area contributed by atoms with E-state index in [0.29, 0.717) is 13.2 Å². The van der Waals surface area contributed by atoms with Crippen molar-refractivity contribution in [3.8, 4) is 11.5 Å². The monoisotopic (exact) mass is 433 g/mol. The second-order valence-electron chi connectivity index (χ2n) is 4.39. The first-order valence-electron chi connectivity index (χ1n) is 6.59. The van der Waals surface area contributed by atoms with Crippen LogP contribution in [0.4, 0.5) is 0 Å². The standard InChI is InChI=1S/C15H17Br2NO2S/c1-3-19-14-5-10(7-18-2)4-13(17)15(14)20-8-12-6-11(16)9-21-12/h4-6,9,18H,3,7-8H2,1-2H3. The van der Waals surface area contributed by atoms with Crippen LogP contribution in [-0.2, 0) is 13.2 Å². The summed E-state index contributed by atoms with van der Waals surface area (Å²) in [7, 11) is 1.92. The average Bonchev–Trinajstić information content (AvgIpc) is 2.84. The van der Waals surface area contributed by atoms with Crippen molar-refractivity contribution in [2.24, 2.45) is 0 Å². The van der Waals surface area contributed by atoms with Crippen LogP contribution in [0.2, 0.25) is 0 Å². The smallest absolute Gasteiger partial charge is 0.175 e. The van der Waals surface area contributed by atoms with Crippen molar-refractivity contribution >= 4 is 43.2 Å². The molecule has 0 radical (unpaired) electrons. The number of thiophene rings is 1. The van der Waals surface area contributed by atoms with E-state index < -0.39 is 0 Å². The van der Waals surface area contributed by atoms with Gasteiger partial charge in [-0.3, -0.25) is 0 Å². The maximum Gasteiger partial charge on any atom is 0.175 e. The third-order valence-corrected chi connectivity index (χ3v) is 4.99. The van der Waals surface area contributed by atoms with E-state index in [4.69, 9.17) is 9.47 Å². The Balaban J connectivity index is 2.19. The Kier molecular flexibility index (Phi) is 6.54. The second-order valence-corrected chi connectivity index (χ2v) is 7.15. The summed E-state index contributed by atoms with van der Waals surface area (Å²) in [6.45, 7) is 3.90. The van der Waals surface area contributed by atoms with Gasteiger partial charge in [-0.15, -0.1) is 11.3 Å². The molecule has 2 rings (SSSR count). The summed E-state index contributed by atoms with van der Waals surface area (Å²) >= 11 is 8.70. The van der Waals surface area contributed by atoms with Gasteiger partial charge in [0.25, 0.3) is 0 Å². The van der Waals surface area contributed by atoms with Gasteiger partial charge in [-0.25, -0.2) is 0 Å². The van der Waals surface area contributed by atoms with Crippen LogP contribution in [0.5, 0.6) is 11.5 Å². The van der Waals surface area contributed by atoms with Crippen molar-refractivity contribution in [3.05, 3.63) is 43.0 Å². The third kappa shape index (κ3) is 4.71. The number of benzene rings is 1. The molecule has 0 saturated heterocycles.